The molecule has 2 saturated heterocycles. The molecule has 1 unspecified atom stereocenters. The summed E-state index contributed by atoms with van der Waals surface area (Å²) in [4.78, 5) is 16.6. The molecule has 3 aliphatic rings. The van der Waals surface area contributed by atoms with Gasteiger partial charge < -0.3 is 19.7 Å². The van der Waals surface area contributed by atoms with Crippen molar-refractivity contribution < 1.29 is 9.47 Å². The van der Waals surface area contributed by atoms with Crippen molar-refractivity contribution in [2.24, 2.45) is 5.92 Å². The Kier molecular flexibility index (Phi) is 6.72. The van der Waals surface area contributed by atoms with Crippen LogP contribution in [0, 0.1) is 5.92 Å². The number of rotatable bonds is 6. The van der Waals surface area contributed by atoms with Gasteiger partial charge in [-0.1, -0.05) is 6.92 Å². The fraction of sp³-hybridized carbons (Fsp3) is 0.640. The van der Waals surface area contributed by atoms with Crippen molar-refractivity contribution in [3.8, 4) is 17.0 Å². The molecule has 7 nitrogen and oxygen atoms in total. The fourth-order valence-electron chi connectivity index (χ4n) is 4.93. The molecule has 3 fully saturated rings. The van der Waals surface area contributed by atoms with Crippen molar-refractivity contribution in [1.82, 2.24) is 15.0 Å². The number of nitrogens with zero attached hydrogens (tertiary/aromatic N) is 4. The second kappa shape index (κ2) is 10.0. The minimum atomic E-state index is 0.0348. The minimum Gasteiger partial charge on any atom is -0.471 e. The molecule has 172 valence electrons. The van der Waals surface area contributed by atoms with Gasteiger partial charge in [0.05, 0.1) is 18.8 Å². The first kappa shape index (κ1) is 21.4. The maximum atomic E-state index is 6.30. The van der Waals surface area contributed by atoms with E-state index < -0.39 is 0 Å². The van der Waals surface area contributed by atoms with Crippen LogP contribution in [-0.2, 0) is 4.74 Å². The summed E-state index contributed by atoms with van der Waals surface area (Å²) < 4.78 is 11.8. The van der Waals surface area contributed by atoms with E-state index in [1.165, 1.54) is 44.9 Å². The van der Waals surface area contributed by atoms with E-state index in [-0.39, 0.29) is 6.10 Å². The normalized spacial score (nSPS) is 26.2. The van der Waals surface area contributed by atoms with Crippen LogP contribution in [0.2, 0.25) is 0 Å². The third kappa shape index (κ3) is 5.14. The molecule has 2 aromatic heterocycles. The van der Waals surface area contributed by atoms with Crippen LogP contribution in [0.1, 0.15) is 58.3 Å². The zero-order chi connectivity index (χ0) is 21.8. The number of ether oxygens (including phenoxy) is 2. The molecule has 1 saturated carbocycles. The van der Waals surface area contributed by atoms with Gasteiger partial charge in [0.15, 0.2) is 0 Å². The average Bonchev–Trinajstić information content (AvgIpc) is 3.35. The molecule has 1 atom stereocenters. The summed E-state index contributed by atoms with van der Waals surface area (Å²) in [6, 6.07) is 4.66. The number of piperidine rings is 1. The number of hydrogen-bond donors (Lipinski definition) is 1. The standard InChI is InChI=1S/C25H35N5O2/c1-18-5-8-20(9-6-18)28-25-27-16-22(24(29-25)32-21-11-14-31-17-21)19-7-10-23(26-15-19)30-12-3-2-4-13-30/h7,10,15-16,18,20-21H,2-6,8-9,11-14,17H2,1H3,(H,27,28,29). The second-order valence-corrected chi connectivity index (χ2v) is 9.57. The minimum absolute atomic E-state index is 0.0348. The summed E-state index contributed by atoms with van der Waals surface area (Å²) >= 11 is 0. The molecule has 7 heteroatoms. The predicted molar refractivity (Wildman–Crippen MR) is 126 cm³/mol. The highest BCUT2D eigenvalue weighted by atomic mass is 16.5. The van der Waals surface area contributed by atoms with Crippen LogP contribution in [0.4, 0.5) is 11.8 Å². The number of aromatic nitrogens is 3. The highest BCUT2D eigenvalue weighted by Crippen LogP contribution is 2.32. The molecule has 0 bridgehead atoms. The molecular formula is C25H35N5O2. The van der Waals surface area contributed by atoms with E-state index in [1.807, 2.05) is 12.4 Å². The zero-order valence-electron chi connectivity index (χ0n) is 19.1. The topological polar surface area (TPSA) is 72.4 Å². The molecule has 0 radical (unpaired) electrons. The van der Waals surface area contributed by atoms with Gasteiger partial charge in [0, 0.05) is 43.5 Å². The van der Waals surface area contributed by atoms with Gasteiger partial charge in [0.25, 0.3) is 0 Å². The lowest BCUT2D eigenvalue weighted by Gasteiger charge is -2.28. The molecule has 0 spiro atoms. The van der Waals surface area contributed by atoms with Gasteiger partial charge in [-0.15, -0.1) is 0 Å². The molecule has 0 amide bonds. The lowest BCUT2D eigenvalue weighted by molar-refractivity contribution is 0.138. The summed E-state index contributed by atoms with van der Waals surface area (Å²) in [7, 11) is 0. The van der Waals surface area contributed by atoms with Gasteiger partial charge in [-0.05, 0) is 63.0 Å². The summed E-state index contributed by atoms with van der Waals surface area (Å²) in [5.41, 5.74) is 1.87. The number of nitrogens with one attached hydrogen (secondary N) is 1. The van der Waals surface area contributed by atoms with E-state index in [0.29, 0.717) is 24.5 Å². The molecule has 2 aromatic rings. The smallest absolute Gasteiger partial charge is 0.226 e. The van der Waals surface area contributed by atoms with Gasteiger partial charge >= 0.3 is 0 Å². The lowest BCUT2D eigenvalue weighted by atomic mass is 9.87. The number of hydrogen-bond acceptors (Lipinski definition) is 7. The van der Waals surface area contributed by atoms with E-state index >= 15 is 0 Å². The van der Waals surface area contributed by atoms with Crippen LogP contribution in [-0.4, -0.2) is 53.4 Å². The Labute approximate surface area is 191 Å². The van der Waals surface area contributed by atoms with Gasteiger partial charge in [-0.25, -0.2) is 9.97 Å². The maximum absolute atomic E-state index is 6.30. The first-order chi connectivity index (χ1) is 15.7. The SMILES string of the molecule is CC1CCC(Nc2ncc(-c3ccc(N4CCCCC4)nc3)c(OC3CCOC3)n2)CC1. The summed E-state index contributed by atoms with van der Waals surface area (Å²) in [6.45, 7) is 5.86. The van der Waals surface area contributed by atoms with E-state index in [0.717, 1.165) is 49.0 Å². The fourth-order valence-corrected chi connectivity index (χ4v) is 4.93. The van der Waals surface area contributed by atoms with Gasteiger partial charge in [0.2, 0.25) is 11.8 Å². The van der Waals surface area contributed by atoms with E-state index in [2.05, 4.69) is 34.3 Å². The van der Waals surface area contributed by atoms with Gasteiger partial charge in [-0.3, -0.25) is 0 Å². The van der Waals surface area contributed by atoms with Crippen molar-refractivity contribution in [2.45, 2.75) is 70.4 Å². The highest BCUT2D eigenvalue weighted by Gasteiger charge is 2.23. The second-order valence-electron chi connectivity index (χ2n) is 9.57. The quantitative estimate of drug-likeness (QED) is 0.703. The van der Waals surface area contributed by atoms with Crippen molar-refractivity contribution in [2.75, 3.05) is 36.5 Å². The van der Waals surface area contributed by atoms with E-state index in [1.54, 1.807) is 0 Å². The predicted octanol–water partition coefficient (Wildman–Crippen LogP) is 4.69. The van der Waals surface area contributed by atoms with Crippen molar-refractivity contribution in [3.05, 3.63) is 24.5 Å². The van der Waals surface area contributed by atoms with Crippen LogP contribution < -0.4 is 15.0 Å². The van der Waals surface area contributed by atoms with Crippen LogP contribution in [0.25, 0.3) is 11.1 Å². The molecule has 1 N–H and O–H groups in total. The van der Waals surface area contributed by atoms with Gasteiger partial charge in [-0.2, -0.15) is 4.98 Å². The first-order valence-electron chi connectivity index (χ1n) is 12.3. The highest BCUT2D eigenvalue weighted by molar-refractivity contribution is 5.68. The molecule has 5 rings (SSSR count). The molecule has 0 aromatic carbocycles. The van der Waals surface area contributed by atoms with E-state index in [4.69, 9.17) is 19.4 Å². The first-order valence-corrected chi connectivity index (χ1v) is 12.3. The number of pyridine rings is 1. The molecular weight excluding hydrogens is 402 g/mol. The summed E-state index contributed by atoms with van der Waals surface area (Å²) in [5.74, 6) is 3.14. The van der Waals surface area contributed by atoms with Crippen LogP contribution in [0.5, 0.6) is 5.88 Å². The van der Waals surface area contributed by atoms with Crippen molar-refractivity contribution >= 4 is 11.8 Å². The summed E-state index contributed by atoms with van der Waals surface area (Å²) in [5, 5.41) is 3.54. The Morgan fingerprint density at radius 2 is 1.84 bits per heavy atom. The Hall–Kier alpha value is -2.41. The Morgan fingerprint density at radius 1 is 1.00 bits per heavy atom. The monoisotopic (exact) mass is 437 g/mol. The molecule has 4 heterocycles. The lowest BCUT2D eigenvalue weighted by Crippen LogP contribution is -2.30. The molecule has 2 aliphatic heterocycles. The summed E-state index contributed by atoms with van der Waals surface area (Å²) in [6.07, 6.45) is 13.4. The Bertz CT molecular complexity index is 870. The Morgan fingerprint density at radius 3 is 2.56 bits per heavy atom. The van der Waals surface area contributed by atoms with Crippen molar-refractivity contribution in [1.29, 1.82) is 0 Å². The zero-order valence-corrected chi connectivity index (χ0v) is 19.1. The van der Waals surface area contributed by atoms with E-state index in [9.17, 15) is 0 Å². The maximum Gasteiger partial charge on any atom is 0.226 e. The number of anilines is 2. The van der Waals surface area contributed by atoms with Crippen LogP contribution >= 0.6 is 0 Å². The van der Waals surface area contributed by atoms with Gasteiger partial charge in [0.1, 0.15) is 11.9 Å². The average molecular weight is 438 g/mol. The molecule has 1 aliphatic carbocycles. The molecule has 32 heavy (non-hydrogen) atoms. The van der Waals surface area contributed by atoms with Crippen molar-refractivity contribution in [3.63, 3.8) is 0 Å². The largest absolute Gasteiger partial charge is 0.471 e. The third-order valence-electron chi connectivity index (χ3n) is 7.01. The van der Waals surface area contributed by atoms with Crippen LogP contribution in [0.15, 0.2) is 24.5 Å². The van der Waals surface area contributed by atoms with Crippen LogP contribution in [0.3, 0.4) is 0 Å². The third-order valence-corrected chi connectivity index (χ3v) is 7.01. The Balaban J connectivity index is 1.36.